The summed E-state index contributed by atoms with van der Waals surface area (Å²) < 4.78 is 42.4. The molecule has 1 aromatic carbocycles. The number of benzene rings is 1. The van der Waals surface area contributed by atoms with Gasteiger partial charge >= 0.3 is 18.1 Å². The average Bonchev–Trinajstić information content (AvgIpc) is 2.42. The molecular formula is C15H17F3O4. The molecule has 0 saturated carbocycles. The molecule has 0 saturated heterocycles. The molecule has 7 heteroatoms. The van der Waals surface area contributed by atoms with Gasteiger partial charge in [0.1, 0.15) is 0 Å². The van der Waals surface area contributed by atoms with E-state index in [4.69, 9.17) is 5.11 Å². The second-order valence-corrected chi connectivity index (χ2v) is 4.73. The largest absolute Gasteiger partial charge is 0.481 e. The molecule has 0 radical (unpaired) electrons. The van der Waals surface area contributed by atoms with Crippen molar-refractivity contribution >= 4 is 11.9 Å². The SMILES string of the molecule is CCOC(=O)[C@H](CCCc1cccc(C(F)(F)F)c1)C(=O)O. The molecule has 0 aliphatic heterocycles. The van der Waals surface area contributed by atoms with Gasteiger partial charge in [-0.3, -0.25) is 9.59 Å². The van der Waals surface area contributed by atoms with Gasteiger partial charge in [0, 0.05) is 0 Å². The third-order valence-corrected chi connectivity index (χ3v) is 3.08. The first kappa shape index (κ1) is 18.0. The molecule has 0 heterocycles. The van der Waals surface area contributed by atoms with E-state index in [2.05, 4.69) is 4.74 Å². The Hall–Kier alpha value is -2.05. The summed E-state index contributed by atoms with van der Waals surface area (Å²) in [4.78, 5) is 22.5. The molecule has 1 atom stereocenters. The standard InChI is InChI=1S/C15H17F3O4/c1-2-22-14(21)12(13(19)20)8-4-6-10-5-3-7-11(9-10)15(16,17)18/h3,5,7,9,12H,2,4,6,8H2,1H3,(H,19,20)/t12-/m1/s1. The normalized spacial score (nSPS) is 12.7. The van der Waals surface area contributed by atoms with E-state index < -0.39 is 29.6 Å². The lowest BCUT2D eigenvalue weighted by Gasteiger charge is -2.12. The Morgan fingerprint density at radius 3 is 2.55 bits per heavy atom. The second-order valence-electron chi connectivity index (χ2n) is 4.73. The first-order valence-corrected chi connectivity index (χ1v) is 6.81. The number of carboxylic acid groups (broad SMARTS) is 1. The monoisotopic (exact) mass is 318 g/mol. The molecule has 0 aliphatic carbocycles. The third kappa shape index (κ3) is 5.38. The van der Waals surface area contributed by atoms with Crippen LogP contribution in [0.5, 0.6) is 0 Å². The molecule has 1 aromatic rings. The van der Waals surface area contributed by atoms with Crippen LogP contribution in [0.2, 0.25) is 0 Å². The Bertz CT molecular complexity index is 526. The van der Waals surface area contributed by atoms with Crippen LogP contribution in [0.25, 0.3) is 0 Å². The molecule has 1 N–H and O–H groups in total. The van der Waals surface area contributed by atoms with Crippen LogP contribution in [-0.4, -0.2) is 23.7 Å². The summed E-state index contributed by atoms with van der Waals surface area (Å²) in [6.07, 6.45) is -3.86. The first-order chi connectivity index (χ1) is 10.3. The Kier molecular flexibility index (Phi) is 6.39. The van der Waals surface area contributed by atoms with Gasteiger partial charge in [0.2, 0.25) is 0 Å². The van der Waals surface area contributed by atoms with Crippen molar-refractivity contribution in [2.24, 2.45) is 5.92 Å². The van der Waals surface area contributed by atoms with Gasteiger partial charge in [-0.05, 0) is 37.8 Å². The fraction of sp³-hybridized carbons (Fsp3) is 0.467. The van der Waals surface area contributed by atoms with E-state index >= 15 is 0 Å². The van der Waals surface area contributed by atoms with Gasteiger partial charge in [-0.1, -0.05) is 18.2 Å². The molecule has 0 bridgehead atoms. The number of hydrogen-bond acceptors (Lipinski definition) is 3. The highest BCUT2D eigenvalue weighted by atomic mass is 19.4. The van der Waals surface area contributed by atoms with Crippen LogP contribution in [0.3, 0.4) is 0 Å². The van der Waals surface area contributed by atoms with E-state index in [1.54, 1.807) is 6.92 Å². The van der Waals surface area contributed by atoms with Crippen molar-refractivity contribution < 1.29 is 32.6 Å². The number of esters is 1. The van der Waals surface area contributed by atoms with Crippen LogP contribution in [0, 0.1) is 5.92 Å². The third-order valence-electron chi connectivity index (χ3n) is 3.08. The summed E-state index contributed by atoms with van der Waals surface area (Å²) in [6.45, 7) is 1.65. The highest BCUT2D eigenvalue weighted by Gasteiger charge is 2.30. The molecule has 0 aliphatic rings. The molecule has 4 nitrogen and oxygen atoms in total. The van der Waals surface area contributed by atoms with Crippen LogP contribution in [0.15, 0.2) is 24.3 Å². The van der Waals surface area contributed by atoms with Crippen LogP contribution in [-0.2, 0) is 26.9 Å². The van der Waals surface area contributed by atoms with Gasteiger partial charge in [0.25, 0.3) is 0 Å². The molecule has 122 valence electrons. The summed E-state index contributed by atoms with van der Waals surface area (Å²) in [5.41, 5.74) is -0.298. The molecule has 0 spiro atoms. The van der Waals surface area contributed by atoms with Crippen molar-refractivity contribution in [2.75, 3.05) is 6.61 Å². The van der Waals surface area contributed by atoms with Crippen LogP contribution in [0.4, 0.5) is 13.2 Å². The maximum atomic E-state index is 12.6. The fourth-order valence-corrected chi connectivity index (χ4v) is 2.00. The Morgan fingerprint density at radius 2 is 2.00 bits per heavy atom. The predicted molar refractivity (Wildman–Crippen MR) is 72.1 cm³/mol. The summed E-state index contributed by atoms with van der Waals surface area (Å²) in [6, 6.07) is 4.84. The minimum atomic E-state index is -4.41. The van der Waals surface area contributed by atoms with Crippen molar-refractivity contribution in [1.82, 2.24) is 0 Å². The van der Waals surface area contributed by atoms with E-state index in [1.165, 1.54) is 12.1 Å². The van der Waals surface area contributed by atoms with E-state index in [9.17, 15) is 22.8 Å². The first-order valence-electron chi connectivity index (χ1n) is 6.81. The van der Waals surface area contributed by atoms with Crippen molar-refractivity contribution in [3.8, 4) is 0 Å². The fourth-order valence-electron chi connectivity index (χ4n) is 2.00. The van der Waals surface area contributed by atoms with Gasteiger partial charge < -0.3 is 9.84 Å². The second kappa shape index (κ2) is 7.82. The number of carboxylic acids is 1. The van der Waals surface area contributed by atoms with Gasteiger partial charge in [0.15, 0.2) is 5.92 Å². The molecular weight excluding hydrogens is 301 g/mol. The lowest BCUT2D eigenvalue weighted by atomic mass is 9.99. The zero-order chi connectivity index (χ0) is 16.8. The minimum Gasteiger partial charge on any atom is -0.481 e. The van der Waals surface area contributed by atoms with E-state index in [1.807, 2.05) is 0 Å². The van der Waals surface area contributed by atoms with E-state index in [0.717, 1.165) is 12.1 Å². The zero-order valence-electron chi connectivity index (χ0n) is 12.0. The smallest absolute Gasteiger partial charge is 0.416 e. The number of halogens is 3. The highest BCUT2D eigenvalue weighted by molar-refractivity contribution is 5.93. The molecule has 0 amide bonds. The van der Waals surface area contributed by atoms with Crippen molar-refractivity contribution in [3.05, 3.63) is 35.4 Å². The van der Waals surface area contributed by atoms with Crippen molar-refractivity contribution in [3.63, 3.8) is 0 Å². The number of carbonyl (C=O) groups is 2. The average molecular weight is 318 g/mol. The van der Waals surface area contributed by atoms with E-state index in [0.29, 0.717) is 5.56 Å². The molecule has 0 aromatic heterocycles. The van der Waals surface area contributed by atoms with Crippen LogP contribution < -0.4 is 0 Å². The Morgan fingerprint density at radius 1 is 1.32 bits per heavy atom. The number of rotatable bonds is 7. The lowest BCUT2D eigenvalue weighted by molar-refractivity contribution is -0.158. The molecule has 22 heavy (non-hydrogen) atoms. The molecule has 0 unspecified atom stereocenters. The van der Waals surface area contributed by atoms with E-state index in [-0.39, 0.29) is 25.9 Å². The number of hydrogen-bond donors (Lipinski definition) is 1. The summed E-state index contributed by atoms with van der Waals surface area (Å²) in [5.74, 6) is -3.40. The summed E-state index contributed by atoms with van der Waals surface area (Å²) in [7, 11) is 0. The molecule has 1 rings (SSSR count). The van der Waals surface area contributed by atoms with Gasteiger partial charge in [0.05, 0.1) is 12.2 Å². The number of carbonyl (C=O) groups excluding carboxylic acids is 1. The van der Waals surface area contributed by atoms with Crippen molar-refractivity contribution in [2.45, 2.75) is 32.4 Å². The Labute approximate surface area is 125 Å². The zero-order valence-corrected chi connectivity index (χ0v) is 12.0. The number of aryl methyl sites for hydroxylation is 1. The quantitative estimate of drug-likeness (QED) is 0.619. The minimum absolute atomic E-state index is 0.0183. The lowest BCUT2D eigenvalue weighted by Crippen LogP contribution is -2.26. The van der Waals surface area contributed by atoms with Gasteiger partial charge in [-0.2, -0.15) is 13.2 Å². The summed E-state index contributed by atoms with van der Waals surface area (Å²) >= 11 is 0. The highest BCUT2D eigenvalue weighted by Crippen LogP contribution is 2.29. The number of ether oxygens (including phenoxy) is 1. The maximum Gasteiger partial charge on any atom is 0.416 e. The van der Waals surface area contributed by atoms with Gasteiger partial charge in [-0.25, -0.2) is 0 Å². The van der Waals surface area contributed by atoms with Crippen LogP contribution >= 0.6 is 0 Å². The van der Waals surface area contributed by atoms with Crippen LogP contribution in [0.1, 0.15) is 30.9 Å². The van der Waals surface area contributed by atoms with Gasteiger partial charge in [-0.15, -0.1) is 0 Å². The topological polar surface area (TPSA) is 63.6 Å². The number of aliphatic carboxylic acids is 1. The predicted octanol–water partition coefficient (Wildman–Crippen LogP) is 3.29. The van der Waals surface area contributed by atoms with Crippen molar-refractivity contribution in [1.29, 1.82) is 0 Å². The number of alkyl halides is 3. The maximum absolute atomic E-state index is 12.6. The summed E-state index contributed by atoms with van der Waals surface area (Å²) in [5, 5.41) is 8.97. The Balaban J connectivity index is 2.62. The molecule has 0 fully saturated rings.